The zero-order valence-corrected chi connectivity index (χ0v) is 17.9. The van der Waals surface area contributed by atoms with Gasteiger partial charge >= 0.3 is 6.03 Å². The molecule has 0 radical (unpaired) electrons. The Kier molecular flexibility index (Phi) is 6.26. The van der Waals surface area contributed by atoms with Crippen molar-refractivity contribution in [2.45, 2.75) is 25.7 Å². The van der Waals surface area contributed by atoms with Gasteiger partial charge in [-0.05, 0) is 62.2 Å². The highest BCUT2D eigenvalue weighted by Gasteiger charge is 2.18. The number of rotatable bonds is 5. The van der Waals surface area contributed by atoms with E-state index in [1.54, 1.807) is 32.0 Å². The molecule has 0 aliphatic carbocycles. The topological polar surface area (TPSA) is 87.3 Å². The first-order valence-corrected chi connectivity index (χ1v) is 10.8. The number of hydrogen-bond donors (Lipinski definition) is 3. The molecule has 3 N–H and O–H groups in total. The molecule has 3 aromatic carbocycles. The van der Waals surface area contributed by atoms with Gasteiger partial charge in [0.1, 0.15) is 11.6 Å². The Morgan fingerprint density at radius 2 is 1.45 bits per heavy atom. The second kappa shape index (κ2) is 8.73. The number of benzene rings is 3. The SMILES string of the molecule is Cc1ccc(NS(=O)(=O)c2ccc(C)c(NC(=O)Nc3ccc(F)cc3F)c2)c(C)c1. The Morgan fingerprint density at radius 3 is 2.13 bits per heavy atom. The predicted octanol–water partition coefficient (Wildman–Crippen LogP) is 5.33. The highest BCUT2D eigenvalue weighted by atomic mass is 32.2. The molecule has 0 bridgehead atoms. The molecule has 0 spiro atoms. The highest BCUT2D eigenvalue weighted by molar-refractivity contribution is 7.92. The number of halogens is 2. The molecule has 0 unspecified atom stereocenters. The summed E-state index contributed by atoms with van der Waals surface area (Å²) in [5.41, 5.74) is 2.84. The van der Waals surface area contributed by atoms with Crippen LogP contribution >= 0.6 is 0 Å². The summed E-state index contributed by atoms with van der Waals surface area (Å²) in [4.78, 5) is 12.2. The van der Waals surface area contributed by atoms with Crippen molar-refractivity contribution in [1.82, 2.24) is 0 Å². The van der Waals surface area contributed by atoms with Crippen LogP contribution in [0.5, 0.6) is 0 Å². The first-order chi connectivity index (χ1) is 14.5. The van der Waals surface area contributed by atoms with Crippen LogP contribution < -0.4 is 15.4 Å². The van der Waals surface area contributed by atoms with Crippen LogP contribution in [0.2, 0.25) is 0 Å². The van der Waals surface area contributed by atoms with E-state index in [-0.39, 0.29) is 16.3 Å². The van der Waals surface area contributed by atoms with Crippen molar-refractivity contribution < 1.29 is 22.0 Å². The number of urea groups is 1. The van der Waals surface area contributed by atoms with Crippen LogP contribution in [0.15, 0.2) is 59.5 Å². The Balaban J connectivity index is 1.81. The lowest BCUT2D eigenvalue weighted by molar-refractivity contribution is 0.262. The maximum atomic E-state index is 13.7. The zero-order valence-electron chi connectivity index (χ0n) is 17.1. The molecule has 0 saturated carbocycles. The number of anilines is 3. The number of carbonyl (C=O) groups is 1. The maximum Gasteiger partial charge on any atom is 0.323 e. The Hall–Kier alpha value is -3.46. The van der Waals surface area contributed by atoms with E-state index in [9.17, 15) is 22.0 Å². The summed E-state index contributed by atoms with van der Waals surface area (Å²) in [6, 6.07) is 11.6. The van der Waals surface area contributed by atoms with Gasteiger partial charge in [0.2, 0.25) is 0 Å². The Bertz CT molecular complexity index is 1260. The molecule has 2 amide bonds. The molecular weight excluding hydrogens is 424 g/mol. The summed E-state index contributed by atoms with van der Waals surface area (Å²) in [6.07, 6.45) is 0. The van der Waals surface area contributed by atoms with Crippen molar-refractivity contribution >= 4 is 33.1 Å². The normalized spacial score (nSPS) is 11.1. The summed E-state index contributed by atoms with van der Waals surface area (Å²) >= 11 is 0. The molecular formula is C22H21F2N3O3S. The van der Waals surface area contributed by atoms with E-state index in [1.807, 2.05) is 13.0 Å². The molecule has 0 aliphatic rings. The third-order valence-electron chi connectivity index (χ3n) is 4.57. The van der Waals surface area contributed by atoms with Gasteiger partial charge in [-0.15, -0.1) is 0 Å². The second-order valence-corrected chi connectivity index (χ2v) is 8.79. The van der Waals surface area contributed by atoms with Crippen molar-refractivity contribution in [2.75, 3.05) is 15.4 Å². The van der Waals surface area contributed by atoms with Crippen LogP contribution in [-0.2, 0) is 10.0 Å². The maximum absolute atomic E-state index is 13.7. The second-order valence-electron chi connectivity index (χ2n) is 7.10. The molecule has 0 heterocycles. The molecule has 3 aromatic rings. The monoisotopic (exact) mass is 445 g/mol. The number of carbonyl (C=O) groups excluding carboxylic acids is 1. The largest absolute Gasteiger partial charge is 0.323 e. The minimum atomic E-state index is -3.92. The lowest BCUT2D eigenvalue weighted by Gasteiger charge is -2.14. The lowest BCUT2D eigenvalue weighted by atomic mass is 10.1. The smallest absolute Gasteiger partial charge is 0.307 e. The first kappa shape index (κ1) is 22.2. The van der Waals surface area contributed by atoms with E-state index < -0.39 is 27.7 Å². The van der Waals surface area contributed by atoms with Crippen LogP contribution in [0.1, 0.15) is 16.7 Å². The van der Waals surface area contributed by atoms with Gasteiger partial charge in [0, 0.05) is 11.8 Å². The number of nitrogens with one attached hydrogen (secondary N) is 3. The van der Waals surface area contributed by atoms with Gasteiger partial charge in [-0.2, -0.15) is 0 Å². The van der Waals surface area contributed by atoms with Crippen LogP contribution in [0, 0.1) is 32.4 Å². The van der Waals surface area contributed by atoms with Crippen molar-refractivity contribution in [3.8, 4) is 0 Å². The molecule has 9 heteroatoms. The van der Waals surface area contributed by atoms with Crippen LogP contribution in [0.3, 0.4) is 0 Å². The van der Waals surface area contributed by atoms with E-state index in [0.717, 1.165) is 23.3 Å². The third-order valence-corrected chi connectivity index (χ3v) is 5.94. The van der Waals surface area contributed by atoms with Gasteiger partial charge in [0.25, 0.3) is 10.0 Å². The van der Waals surface area contributed by atoms with E-state index in [4.69, 9.17) is 0 Å². The standard InChI is InChI=1S/C22H21F2N3O3S/c1-13-4-8-19(15(3)10-13)27-31(29,30)17-7-5-14(2)21(12-17)26-22(28)25-20-9-6-16(23)11-18(20)24/h4-12,27H,1-3H3,(H2,25,26,28). The molecule has 0 aliphatic heterocycles. The van der Waals surface area contributed by atoms with E-state index in [2.05, 4.69) is 15.4 Å². The number of amides is 2. The lowest BCUT2D eigenvalue weighted by Crippen LogP contribution is -2.21. The van der Waals surface area contributed by atoms with Crippen molar-refractivity contribution in [3.63, 3.8) is 0 Å². The Labute approximate surface area is 179 Å². The van der Waals surface area contributed by atoms with Crippen LogP contribution in [-0.4, -0.2) is 14.4 Å². The van der Waals surface area contributed by atoms with Crippen molar-refractivity contribution in [1.29, 1.82) is 0 Å². The van der Waals surface area contributed by atoms with Crippen LogP contribution in [0.25, 0.3) is 0 Å². The fraction of sp³-hybridized carbons (Fsp3) is 0.136. The summed E-state index contributed by atoms with van der Waals surface area (Å²) < 4.78 is 55.0. The highest BCUT2D eigenvalue weighted by Crippen LogP contribution is 2.25. The van der Waals surface area contributed by atoms with Crippen LogP contribution in [0.4, 0.5) is 30.6 Å². The fourth-order valence-corrected chi connectivity index (χ4v) is 4.06. The molecule has 0 aromatic heterocycles. The van der Waals surface area contributed by atoms with Gasteiger partial charge in [-0.3, -0.25) is 4.72 Å². The van der Waals surface area contributed by atoms with Gasteiger partial charge in [-0.1, -0.05) is 23.8 Å². The summed E-state index contributed by atoms with van der Waals surface area (Å²) in [5, 5.41) is 4.76. The van der Waals surface area contributed by atoms with Gasteiger partial charge in [0.15, 0.2) is 0 Å². The Morgan fingerprint density at radius 1 is 0.774 bits per heavy atom. The van der Waals surface area contributed by atoms with E-state index in [0.29, 0.717) is 17.3 Å². The van der Waals surface area contributed by atoms with E-state index in [1.165, 1.54) is 12.1 Å². The van der Waals surface area contributed by atoms with Crippen molar-refractivity contribution in [2.24, 2.45) is 0 Å². The number of hydrogen-bond acceptors (Lipinski definition) is 3. The molecule has 3 rings (SSSR count). The summed E-state index contributed by atoms with van der Waals surface area (Å²) in [5.74, 6) is -1.70. The minimum Gasteiger partial charge on any atom is -0.307 e. The predicted molar refractivity (Wildman–Crippen MR) is 117 cm³/mol. The molecule has 6 nitrogen and oxygen atoms in total. The van der Waals surface area contributed by atoms with Gasteiger partial charge in [0.05, 0.1) is 16.3 Å². The number of sulfonamides is 1. The number of aryl methyl sites for hydroxylation is 3. The molecule has 0 fully saturated rings. The van der Waals surface area contributed by atoms with Gasteiger partial charge < -0.3 is 10.6 Å². The zero-order chi connectivity index (χ0) is 22.8. The average Bonchev–Trinajstić information content (AvgIpc) is 2.68. The fourth-order valence-electron chi connectivity index (χ4n) is 2.90. The summed E-state index contributed by atoms with van der Waals surface area (Å²) in [6.45, 7) is 5.39. The molecule has 31 heavy (non-hydrogen) atoms. The quantitative estimate of drug-likeness (QED) is 0.496. The van der Waals surface area contributed by atoms with Gasteiger partial charge in [-0.25, -0.2) is 22.0 Å². The minimum absolute atomic E-state index is 0.0543. The molecule has 0 saturated heterocycles. The van der Waals surface area contributed by atoms with Crippen molar-refractivity contribution in [3.05, 3.63) is 82.9 Å². The summed E-state index contributed by atoms with van der Waals surface area (Å²) in [7, 11) is -3.92. The van der Waals surface area contributed by atoms with E-state index >= 15 is 0 Å². The molecule has 162 valence electrons. The first-order valence-electron chi connectivity index (χ1n) is 9.29. The molecule has 0 atom stereocenters. The third kappa shape index (κ3) is 5.37. The average molecular weight is 445 g/mol.